The van der Waals surface area contributed by atoms with E-state index in [1.165, 1.54) is 30.6 Å². The third kappa shape index (κ3) is 2.69. The minimum absolute atomic E-state index is 0.169. The van der Waals surface area contributed by atoms with Crippen molar-refractivity contribution in [1.29, 1.82) is 0 Å². The fourth-order valence-corrected chi connectivity index (χ4v) is 2.07. The second-order valence-corrected chi connectivity index (χ2v) is 4.34. The van der Waals surface area contributed by atoms with Crippen LogP contribution in [0.25, 0.3) is 0 Å². The summed E-state index contributed by atoms with van der Waals surface area (Å²) in [5.41, 5.74) is -0.169. The van der Waals surface area contributed by atoms with Gasteiger partial charge >= 0.3 is 5.69 Å². The molecule has 0 aliphatic rings. The second-order valence-electron chi connectivity index (χ2n) is 3.13. The van der Waals surface area contributed by atoms with Gasteiger partial charge in [0, 0.05) is 5.38 Å². The Morgan fingerprint density at radius 2 is 2.28 bits per heavy atom. The van der Waals surface area contributed by atoms with Crippen LogP contribution in [0.3, 0.4) is 0 Å². The molecule has 1 heterocycles. The van der Waals surface area contributed by atoms with E-state index in [1.54, 1.807) is 11.4 Å². The molecule has 18 heavy (non-hydrogen) atoms. The zero-order valence-electron chi connectivity index (χ0n) is 9.12. The molecule has 2 aromatic rings. The van der Waals surface area contributed by atoms with Crippen molar-refractivity contribution in [1.82, 2.24) is 4.98 Å². The Morgan fingerprint density at radius 3 is 2.83 bits per heavy atom. The standard InChI is InChI=1S/C10H7ClN2O4S/c1-16-8-3-2-6(4-7(8)13(14)15)17-10-12-9(11)5-18-10/h2-5H,1H3. The van der Waals surface area contributed by atoms with E-state index in [0.717, 1.165) is 0 Å². The fraction of sp³-hybridized carbons (Fsp3) is 0.100. The predicted octanol–water partition coefficient (Wildman–Crippen LogP) is 3.51. The van der Waals surface area contributed by atoms with E-state index in [0.29, 0.717) is 16.1 Å². The molecule has 0 saturated heterocycles. The maximum atomic E-state index is 10.8. The highest BCUT2D eigenvalue weighted by atomic mass is 35.5. The van der Waals surface area contributed by atoms with Crippen LogP contribution in [-0.4, -0.2) is 17.0 Å². The monoisotopic (exact) mass is 286 g/mol. The van der Waals surface area contributed by atoms with E-state index in [1.807, 2.05) is 0 Å². The van der Waals surface area contributed by atoms with Crippen LogP contribution >= 0.6 is 22.9 Å². The molecule has 94 valence electrons. The molecule has 1 aromatic carbocycles. The highest BCUT2D eigenvalue weighted by molar-refractivity contribution is 7.11. The Bertz CT molecular complexity index is 587. The van der Waals surface area contributed by atoms with Crippen LogP contribution in [0.5, 0.6) is 16.7 Å². The van der Waals surface area contributed by atoms with Crippen LogP contribution in [0.2, 0.25) is 5.15 Å². The van der Waals surface area contributed by atoms with Crippen LogP contribution in [-0.2, 0) is 0 Å². The summed E-state index contributed by atoms with van der Waals surface area (Å²) in [5, 5.41) is 13.1. The number of methoxy groups -OCH3 is 1. The van der Waals surface area contributed by atoms with Gasteiger partial charge in [-0.1, -0.05) is 22.9 Å². The molecule has 6 nitrogen and oxygen atoms in total. The highest BCUT2D eigenvalue weighted by Crippen LogP contribution is 2.34. The van der Waals surface area contributed by atoms with Crippen molar-refractivity contribution in [3.05, 3.63) is 38.8 Å². The van der Waals surface area contributed by atoms with Crippen LogP contribution in [0.1, 0.15) is 0 Å². The van der Waals surface area contributed by atoms with Gasteiger partial charge in [0.25, 0.3) is 5.19 Å². The number of nitro groups is 1. The molecule has 1 aromatic heterocycles. The van der Waals surface area contributed by atoms with Gasteiger partial charge in [-0.3, -0.25) is 10.1 Å². The number of ether oxygens (including phenoxy) is 2. The number of benzene rings is 1. The van der Waals surface area contributed by atoms with Gasteiger partial charge in [-0.2, -0.15) is 4.98 Å². The first kappa shape index (κ1) is 12.6. The van der Waals surface area contributed by atoms with Crippen molar-refractivity contribution in [3.63, 3.8) is 0 Å². The maximum Gasteiger partial charge on any atom is 0.314 e. The Balaban J connectivity index is 2.29. The van der Waals surface area contributed by atoms with Crippen molar-refractivity contribution < 1.29 is 14.4 Å². The largest absolute Gasteiger partial charge is 0.490 e. The molecule has 0 unspecified atom stereocenters. The van der Waals surface area contributed by atoms with E-state index in [2.05, 4.69) is 4.98 Å². The fourth-order valence-electron chi connectivity index (χ4n) is 1.26. The lowest BCUT2D eigenvalue weighted by molar-refractivity contribution is -0.385. The maximum absolute atomic E-state index is 10.8. The van der Waals surface area contributed by atoms with Gasteiger partial charge in [0.05, 0.1) is 18.1 Å². The number of nitro benzene ring substituents is 1. The lowest BCUT2D eigenvalue weighted by Crippen LogP contribution is -1.94. The number of nitrogens with zero attached hydrogens (tertiary/aromatic N) is 2. The van der Waals surface area contributed by atoms with Crippen molar-refractivity contribution in [2.45, 2.75) is 0 Å². The summed E-state index contributed by atoms with van der Waals surface area (Å²) in [5.74, 6) is 0.470. The average molecular weight is 287 g/mol. The number of hydrogen-bond donors (Lipinski definition) is 0. The first-order valence-corrected chi connectivity index (χ1v) is 5.97. The summed E-state index contributed by atoms with van der Waals surface area (Å²) in [6.07, 6.45) is 0. The molecular formula is C10H7ClN2O4S. The number of hydrogen-bond acceptors (Lipinski definition) is 6. The first-order valence-electron chi connectivity index (χ1n) is 4.71. The van der Waals surface area contributed by atoms with Gasteiger partial charge in [-0.05, 0) is 12.1 Å². The van der Waals surface area contributed by atoms with Crippen molar-refractivity contribution >= 4 is 28.6 Å². The summed E-state index contributed by atoms with van der Waals surface area (Å²) in [7, 11) is 1.36. The second kappa shape index (κ2) is 5.19. The molecule has 0 spiro atoms. The van der Waals surface area contributed by atoms with Crippen LogP contribution in [0, 0.1) is 10.1 Å². The molecule has 0 N–H and O–H groups in total. The Morgan fingerprint density at radius 1 is 1.50 bits per heavy atom. The topological polar surface area (TPSA) is 74.5 Å². The van der Waals surface area contributed by atoms with E-state index in [-0.39, 0.29) is 11.4 Å². The first-order chi connectivity index (χ1) is 8.60. The van der Waals surface area contributed by atoms with E-state index in [4.69, 9.17) is 21.1 Å². The average Bonchev–Trinajstić information content (AvgIpc) is 2.74. The number of aromatic nitrogens is 1. The summed E-state index contributed by atoms with van der Waals surface area (Å²) in [6.45, 7) is 0. The number of thiazole rings is 1. The summed E-state index contributed by atoms with van der Waals surface area (Å²) >= 11 is 6.85. The van der Waals surface area contributed by atoms with Crippen LogP contribution in [0.15, 0.2) is 23.6 Å². The van der Waals surface area contributed by atoms with Gasteiger partial charge < -0.3 is 9.47 Å². The number of halogens is 1. The minimum Gasteiger partial charge on any atom is -0.490 e. The zero-order valence-corrected chi connectivity index (χ0v) is 10.7. The Kier molecular flexibility index (Phi) is 3.63. The van der Waals surface area contributed by atoms with E-state index >= 15 is 0 Å². The molecule has 8 heteroatoms. The van der Waals surface area contributed by atoms with Crippen LogP contribution < -0.4 is 9.47 Å². The lowest BCUT2D eigenvalue weighted by Gasteiger charge is -2.04. The van der Waals surface area contributed by atoms with Crippen molar-refractivity contribution in [3.8, 4) is 16.7 Å². The van der Waals surface area contributed by atoms with Crippen molar-refractivity contribution in [2.24, 2.45) is 0 Å². The molecular weight excluding hydrogens is 280 g/mol. The summed E-state index contributed by atoms with van der Waals surface area (Å²) in [4.78, 5) is 14.2. The van der Waals surface area contributed by atoms with Gasteiger partial charge in [0.15, 0.2) is 5.75 Å². The number of rotatable bonds is 4. The molecule has 0 fully saturated rings. The summed E-state index contributed by atoms with van der Waals surface area (Å²) < 4.78 is 10.2. The third-order valence-corrected chi connectivity index (χ3v) is 3.05. The molecule has 0 amide bonds. The normalized spacial score (nSPS) is 10.1. The smallest absolute Gasteiger partial charge is 0.314 e. The van der Waals surface area contributed by atoms with Gasteiger partial charge in [-0.25, -0.2) is 0 Å². The molecule has 2 rings (SSSR count). The lowest BCUT2D eigenvalue weighted by atomic mass is 10.3. The van der Waals surface area contributed by atoms with Gasteiger partial charge in [-0.15, -0.1) is 0 Å². The van der Waals surface area contributed by atoms with Crippen molar-refractivity contribution in [2.75, 3.05) is 7.11 Å². The van der Waals surface area contributed by atoms with E-state index in [9.17, 15) is 10.1 Å². The highest BCUT2D eigenvalue weighted by Gasteiger charge is 2.16. The zero-order chi connectivity index (χ0) is 13.1. The predicted molar refractivity (Wildman–Crippen MR) is 66.8 cm³/mol. The molecule has 0 radical (unpaired) electrons. The molecule has 0 bridgehead atoms. The summed E-state index contributed by atoms with van der Waals surface area (Å²) in [6, 6.07) is 4.29. The Labute approximate surface area is 111 Å². The van der Waals surface area contributed by atoms with Gasteiger partial charge in [0.2, 0.25) is 0 Å². The van der Waals surface area contributed by atoms with Gasteiger partial charge in [0.1, 0.15) is 10.9 Å². The minimum atomic E-state index is -0.541. The van der Waals surface area contributed by atoms with Crippen LogP contribution in [0.4, 0.5) is 5.69 Å². The quantitative estimate of drug-likeness (QED) is 0.635. The molecule has 0 atom stereocenters. The molecule has 0 aliphatic carbocycles. The molecule has 0 aliphatic heterocycles. The Hall–Kier alpha value is -1.86. The van der Waals surface area contributed by atoms with E-state index < -0.39 is 4.92 Å². The third-order valence-electron chi connectivity index (χ3n) is 2.01. The molecule has 0 saturated carbocycles. The SMILES string of the molecule is COc1ccc(Oc2nc(Cl)cs2)cc1[N+](=O)[O-].